The number of carbonyl (C=O) groups is 2. The Morgan fingerprint density at radius 1 is 1.06 bits per heavy atom. The van der Waals surface area contributed by atoms with Gasteiger partial charge in [0.25, 0.3) is 0 Å². The Morgan fingerprint density at radius 3 is 2.31 bits per heavy atom. The number of anilines is 3. The van der Waals surface area contributed by atoms with Crippen LogP contribution in [0.2, 0.25) is 0 Å². The van der Waals surface area contributed by atoms with Crippen LogP contribution in [-0.2, 0) is 22.8 Å². The van der Waals surface area contributed by atoms with Crippen LogP contribution in [0.3, 0.4) is 0 Å². The Hall–Kier alpha value is -3.45. The third kappa shape index (κ3) is 6.40. The van der Waals surface area contributed by atoms with Gasteiger partial charge in [-0.25, -0.2) is 9.37 Å². The van der Waals surface area contributed by atoms with Crippen LogP contribution in [-0.4, -0.2) is 65.7 Å². The molecular formula is C22H26ClF4N7O2. The van der Waals surface area contributed by atoms with E-state index in [-0.39, 0.29) is 23.8 Å². The number of alkyl halides is 3. The van der Waals surface area contributed by atoms with Crippen molar-refractivity contribution in [2.75, 3.05) is 49.8 Å². The maximum Gasteiger partial charge on any atom is 0.419 e. The lowest BCUT2D eigenvalue weighted by molar-refractivity contribution is -0.140. The van der Waals surface area contributed by atoms with Crippen molar-refractivity contribution in [3.8, 4) is 0 Å². The summed E-state index contributed by atoms with van der Waals surface area (Å²) < 4.78 is 54.0. The van der Waals surface area contributed by atoms with Gasteiger partial charge in [-0.05, 0) is 45.3 Å². The lowest BCUT2D eigenvalue weighted by Crippen LogP contribution is -2.32. The van der Waals surface area contributed by atoms with Crippen LogP contribution in [0.4, 0.5) is 34.8 Å². The number of nitrogens with zero attached hydrogens (tertiary/aromatic N) is 5. The molecule has 0 fully saturated rings. The van der Waals surface area contributed by atoms with Gasteiger partial charge in [0.1, 0.15) is 5.82 Å². The van der Waals surface area contributed by atoms with E-state index in [1.165, 1.54) is 0 Å². The number of benzene rings is 1. The number of nitrogens with one attached hydrogen (secondary N) is 2. The van der Waals surface area contributed by atoms with Crippen molar-refractivity contribution < 1.29 is 27.2 Å². The topological polar surface area (TPSA) is 95.4 Å². The Bertz CT molecular complexity index is 1280. The molecular weight excluding hydrogens is 506 g/mol. The van der Waals surface area contributed by atoms with Gasteiger partial charge in [-0.1, -0.05) is 0 Å². The second-order valence-electron chi connectivity index (χ2n) is 8.27. The van der Waals surface area contributed by atoms with Crippen LogP contribution < -0.4 is 15.5 Å². The maximum absolute atomic E-state index is 13.5. The predicted molar refractivity (Wildman–Crippen MR) is 131 cm³/mol. The quantitative estimate of drug-likeness (QED) is 0.374. The predicted octanol–water partition coefficient (Wildman–Crippen LogP) is 3.43. The monoisotopic (exact) mass is 531 g/mol. The third-order valence-corrected chi connectivity index (χ3v) is 5.21. The third-order valence-electron chi connectivity index (χ3n) is 5.21. The first-order valence-corrected chi connectivity index (χ1v) is 10.5. The molecule has 0 saturated heterocycles. The molecule has 0 aliphatic rings. The second-order valence-corrected chi connectivity index (χ2v) is 8.27. The van der Waals surface area contributed by atoms with Gasteiger partial charge in [-0.3, -0.25) is 14.3 Å². The number of amides is 2. The maximum atomic E-state index is 13.5. The zero-order valence-corrected chi connectivity index (χ0v) is 21.0. The van der Waals surface area contributed by atoms with E-state index in [9.17, 15) is 27.2 Å². The molecule has 2 N–H and O–H groups in total. The molecule has 1 aromatic carbocycles. The molecule has 2 heterocycles. The van der Waals surface area contributed by atoms with E-state index < -0.39 is 29.4 Å². The SMILES string of the molecule is Cc1nn(C)c2nc(N(C)CCN(C)C)c(NC(=O)C(=O)Nc3ccc(F)c(C(F)(F)F)c3)cc12.Cl. The zero-order chi connectivity index (χ0) is 26.1. The van der Waals surface area contributed by atoms with Crippen molar-refractivity contribution in [1.82, 2.24) is 19.7 Å². The van der Waals surface area contributed by atoms with E-state index >= 15 is 0 Å². The highest BCUT2D eigenvalue weighted by Gasteiger charge is 2.34. The van der Waals surface area contributed by atoms with E-state index in [4.69, 9.17) is 0 Å². The van der Waals surface area contributed by atoms with E-state index in [1.807, 2.05) is 19.0 Å². The number of fused-ring (bicyclic) bond motifs is 1. The fraction of sp³-hybridized carbons (Fsp3) is 0.364. The normalized spacial score (nSPS) is 11.4. The minimum Gasteiger partial charge on any atom is -0.357 e. The molecule has 3 aromatic rings. The Morgan fingerprint density at radius 2 is 1.69 bits per heavy atom. The van der Waals surface area contributed by atoms with Gasteiger partial charge in [0, 0.05) is 38.3 Å². The number of hydrogen-bond acceptors (Lipinski definition) is 6. The van der Waals surface area contributed by atoms with Crippen LogP contribution in [0.1, 0.15) is 11.3 Å². The second kappa shape index (κ2) is 11.1. The molecule has 0 saturated carbocycles. The van der Waals surface area contributed by atoms with Crippen molar-refractivity contribution in [3.05, 3.63) is 41.3 Å². The van der Waals surface area contributed by atoms with Gasteiger partial charge in [-0.15, -0.1) is 12.4 Å². The van der Waals surface area contributed by atoms with Gasteiger partial charge >= 0.3 is 18.0 Å². The summed E-state index contributed by atoms with van der Waals surface area (Å²) in [5, 5.41) is 9.53. The lowest BCUT2D eigenvalue weighted by atomic mass is 10.2. The molecule has 14 heteroatoms. The standard InChI is InChI=1S/C22H25F4N7O2.ClH/c1-12-14-11-17(19(29-18(14)33(5)30-12)32(4)9-8-31(2)3)28-21(35)20(34)27-13-6-7-16(23)15(10-13)22(24,25)26;/h6-7,10-11H,8-9H2,1-5H3,(H,27,34)(H,28,35);1H. The molecule has 0 radical (unpaired) electrons. The molecule has 0 aliphatic heterocycles. The number of aryl methyl sites for hydroxylation is 2. The summed E-state index contributed by atoms with van der Waals surface area (Å²) in [6.45, 7) is 3.00. The van der Waals surface area contributed by atoms with E-state index in [2.05, 4.69) is 20.7 Å². The fourth-order valence-electron chi connectivity index (χ4n) is 3.36. The number of rotatable bonds is 6. The minimum absolute atomic E-state index is 0. The average Bonchev–Trinajstić information content (AvgIpc) is 3.04. The minimum atomic E-state index is -4.96. The van der Waals surface area contributed by atoms with Gasteiger partial charge in [0.05, 0.1) is 16.9 Å². The Balaban J connectivity index is 0.00000456. The van der Waals surface area contributed by atoms with Crippen molar-refractivity contribution in [2.45, 2.75) is 13.1 Å². The summed E-state index contributed by atoms with van der Waals surface area (Å²) in [6.07, 6.45) is -4.96. The van der Waals surface area contributed by atoms with Crippen LogP contribution in [0.5, 0.6) is 0 Å². The smallest absolute Gasteiger partial charge is 0.357 e. The molecule has 36 heavy (non-hydrogen) atoms. The first-order valence-electron chi connectivity index (χ1n) is 10.5. The number of likely N-dealkylation sites (N-methyl/N-ethyl adjacent to an activating group) is 2. The molecule has 0 spiro atoms. The highest BCUT2D eigenvalue weighted by Crippen LogP contribution is 2.33. The summed E-state index contributed by atoms with van der Waals surface area (Å²) in [4.78, 5) is 33.5. The van der Waals surface area contributed by atoms with Crippen LogP contribution >= 0.6 is 12.4 Å². The molecule has 3 rings (SSSR count). The van der Waals surface area contributed by atoms with Crippen molar-refractivity contribution in [3.63, 3.8) is 0 Å². The van der Waals surface area contributed by atoms with Crippen LogP contribution in [0, 0.1) is 12.7 Å². The number of carbonyl (C=O) groups excluding carboxylic acids is 2. The van der Waals surface area contributed by atoms with E-state index in [0.717, 1.165) is 6.07 Å². The van der Waals surface area contributed by atoms with Crippen LogP contribution in [0.25, 0.3) is 11.0 Å². The number of halogens is 5. The molecule has 196 valence electrons. The first-order chi connectivity index (χ1) is 16.3. The molecule has 0 unspecified atom stereocenters. The molecule has 9 nitrogen and oxygen atoms in total. The average molecular weight is 532 g/mol. The lowest BCUT2D eigenvalue weighted by Gasteiger charge is -2.23. The molecule has 0 aliphatic carbocycles. The number of aromatic nitrogens is 3. The van der Waals surface area contributed by atoms with Gasteiger partial charge in [0.15, 0.2) is 11.5 Å². The molecule has 0 atom stereocenters. The number of pyridine rings is 1. The molecule has 2 amide bonds. The van der Waals surface area contributed by atoms with E-state index in [0.29, 0.717) is 47.8 Å². The van der Waals surface area contributed by atoms with E-state index in [1.54, 1.807) is 36.7 Å². The first kappa shape index (κ1) is 28.8. The highest BCUT2D eigenvalue weighted by molar-refractivity contribution is 6.44. The Labute approximate surface area is 210 Å². The largest absolute Gasteiger partial charge is 0.419 e. The summed E-state index contributed by atoms with van der Waals surface area (Å²) in [6, 6.07) is 3.56. The molecule has 2 aromatic heterocycles. The summed E-state index contributed by atoms with van der Waals surface area (Å²) in [7, 11) is 7.31. The van der Waals surface area contributed by atoms with Gasteiger partial charge < -0.3 is 20.4 Å². The Kier molecular flexibility index (Phi) is 8.86. The van der Waals surface area contributed by atoms with Crippen molar-refractivity contribution in [1.29, 1.82) is 0 Å². The van der Waals surface area contributed by atoms with Crippen LogP contribution in [0.15, 0.2) is 24.3 Å². The highest BCUT2D eigenvalue weighted by atomic mass is 35.5. The fourth-order valence-corrected chi connectivity index (χ4v) is 3.36. The van der Waals surface area contributed by atoms with Gasteiger partial charge in [-0.2, -0.15) is 18.3 Å². The summed E-state index contributed by atoms with van der Waals surface area (Å²) >= 11 is 0. The number of hydrogen-bond donors (Lipinski definition) is 2. The van der Waals surface area contributed by atoms with Crippen molar-refractivity contribution in [2.24, 2.45) is 7.05 Å². The van der Waals surface area contributed by atoms with Crippen molar-refractivity contribution >= 4 is 52.4 Å². The summed E-state index contributed by atoms with van der Waals surface area (Å²) in [5.41, 5.74) is -0.475. The zero-order valence-electron chi connectivity index (χ0n) is 20.2. The van der Waals surface area contributed by atoms with Gasteiger partial charge in [0.2, 0.25) is 0 Å². The molecule has 0 bridgehead atoms. The summed E-state index contributed by atoms with van der Waals surface area (Å²) in [5.74, 6) is -3.47.